The van der Waals surface area contributed by atoms with Crippen molar-refractivity contribution >= 4 is 0 Å². The standard InChI is InChI=1S/C13H24O/c1-10(2,3)12-7-13(8-12,14-9-12)11(4,5)6/h7-9H2,1-6H3. The Labute approximate surface area is 88.2 Å². The highest BCUT2D eigenvalue weighted by Crippen LogP contribution is 2.69. The SMILES string of the molecule is CC(C)(C)C12COC(C(C)(C)C)(C1)C2. The number of rotatable bonds is 0. The largest absolute Gasteiger partial charge is 0.374 e. The van der Waals surface area contributed by atoms with Crippen LogP contribution in [0.25, 0.3) is 0 Å². The highest BCUT2D eigenvalue weighted by atomic mass is 16.5. The quantitative estimate of drug-likeness (QED) is 0.575. The summed E-state index contributed by atoms with van der Waals surface area (Å²) in [6, 6.07) is 0. The molecule has 3 aliphatic rings. The van der Waals surface area contributed by atoms with Crippen molar-refractivity contribution in [3.8, 4) is 0 Å². The van der Waals surface area contributed by atoms with E-state index in [4.69, 9.17) is 4.74 Å². The highest BCUT2D eigenvalue weighted by molar-refractivity contribution is 5.18. The molecule has 1 nitrogen and oxygen atoms in total. The average molecular weight is 196 g/mol. The van der Waals surface area contributed by atoms with Crippen LogP contribution in [0.15, 0.2) is 0 Å². The van der Waals surface area contributed by atoms with Gasteiger partial charge in [-0.05, 0) is 23.7 Å². The molecule has 14 heavy (non-hydrogen) atoms. The summed E-state index contributed by atoms with van der Waals surface area (Å²) in [5.74, 6) is 0. The van der Waals surface area contributed by atoms with Crippen molar-refractivity contribution in [1.82, 2.24) is 0 Å². The van der Waals surface area contributed by atoms with Gasteiger partial charge in [0.25, 0.3) is 0 Å². The summed E-state index contributed by atoms with van der Waals surface area (Å²) in [5.41, 5.74) is 1.37. The van der Waals surface area contributed by atoms with E-state index >= 15 is 0 Å². The summed E-state index contributed by atoms with van der Waals surface area (Å²) in [4.78, 5) is 0. The molecule has 0 N–H and O–H groups in total. The first-order valence-corrected chi connectivity index (χ1v) is 5.76. The van der Waals surface area contributed by atoms with Crippen molar-refractivity contribution in [3.63, 3.8) is 0 Å². The third-order valence-electron chi connectivity index (χ3n) is 4.83. The zero-order valence-corrected chi connectivity index (χ0v) is 10.5. The van der Waals surface area contributed by atoms with Gasteiger partial charge in [0, 0.05) is 5.41 Å². The molecule has 2 bridgehead atoms. The van der Waals surface area contributed by atoms with E-state index in [0.29, 0.717) is 16.2 Å². The van der Waals surface area contributed by atoms with Gasteiger partial charge in [-0.15, -0.1) is 0 Å². The third kappa shape index (κ3) is 1.05. The zero-order valence-electron chi connectivity index (χ0n) is 10.5. The molecule has 0 unspecified atom stereocenters. The monoisotopic (exact) mass is 196 g/mol. The molecule has 0 amide bonds. The van der Waals surface area contributed by atoms with Crippen LogP contribution < -0.4 is 0 Å². The van der Waals surface area contributed by atoms with Gasteiger partial charge < -0.3 is 4.74 Å². The molecule has 0 aromatic carbocycles. The van der Waals surface area contributed by atoms with E-state index in [1.807, 2.05) is 0 Å². The minimum Gasteiger partial charge on any atom is -0.374 e. The number of hydrogen-bond acceptors (Lipinski definition) is 1. The van der Waals surface area contributed by atoms with Gasteiger partial charge in [-0.2, -0.15) is 0 Å². The maximum absolute atomic E-state index is 6.11. The summed E-state index contributed by atoms with van der Waals surface area (Å²) >= 11 is 0. The van der Waals surface area contributed by atoms with Crippen LogP contribution in [0, 0.1) is 16.2 Å². The lowest BCUT2D eigenvalue weighted by molar-refractivity contribution is -0.119. The fourth-order valence-corrected chi connectivity index (χ4v) is 3.02. The predicted molar refractivity (Wildman–Crippen MR) is 59.3 cm³/mol. The van der Waals surface area contributed by atoms with Crippen LogP contribution in [0.3, 0.4) is 0 Å². The summed E-state index contributed by atoms with van der Waals surface area (Å²) in [5, 5.41) is 0. The average Bonchev–Trinajstić information content (AvgIpc) is 2.31. The minimum absolute atomic E-state index is 0.195. The van der Waals surface area contributed by atoms with Crippen molar-refractivity contribution in [1.29, 1.82) is 0 Å². The zero-order chi connectivity index (χ0) is 10.8. The lowest BCUT2D eigenvalue weighted by Crippen LogP contribution is -2.56. The molecular weight excluding hydrogens is 172 g/mol. The van der Waals surface area contributed by atoms with Crippen molar-refractivity contribution in [3.05, 3.63) is 0 Å². The predicted octanol–water partition coefficient (Wildman–Crippen LogP) is 3.63. The van der Waals surface area contributed by atoms with Crippen LogP contribution in [0.5, 0.6) is 0 Å². The van der Waals surface area contributed by atoms with E-state index < -0.39 is 0 Å². The summed E-state index contributed by atoms with van der Waals surface area (Å²) in [6.07, 6.45) is 2.54. The number of hydrogen-bond donors (Lipinski definition) is 0. The molecular formula is C13H24O. The van der Waals surface area contributed by atoms with Crippen molar-refractivity contribution in [2.45, 2.75) is 60.0 Å². The Balaban J connectivity index is 2.20. The number of ether oxygens (including phenoxy) is 1. The molecule has 3 rings (SSSR count). The van der Waals surface area contributed by atoms with Gasteiger partial charge in [-0.1, -0.05) is 41.5 Å². The van der Waals surface area contributed by atoms with Gasteiger partial charge in [0.1, 0.15) is 0 Å². The molecule has 2 saturated heterocycles. The molecule has 1 aliphatic carbocycles. The van der Waals surface area contributed by atoms with Gasteiger partial charge in [0.15, 0.2) is 0 Å². The molecule has 2 heterocycles. The normalized spacial score (nSPS) is 42.4. The second-order valence-electron chi connectivity index (χ2n) is 7.42. The first-order chi connectivity index (χ1) is 6.12. The first-order valence-electron chi connectivity index (χ1n) is 5.76. The maximum atomic E-state index is 6.11. The Morgan fingerprint density at radius 3 is 1.57 bits per heavy atom. The second kappa shape index (κ2) is 2.37. The maximum Gasteiger partial charge on any atom is 0.0743 e. The van der Waals surface area contributed by atoms with Gasteiger partial charge in [0.05, 0.1) is 12.2 Å². The number of fused-ring (bicyclic) bond motifs is 1. The smallest absolute Gasteiger partial charge is 0.0743 e. The van der Waals surface area contributed by atoms with Crippen LogP contribution in [0.4, 0.5) is 0 Å². The Kier molecular flexibility index (Phi) is 1.77. The Hall–Kier alpha value is -0.0400. The molecule has 1 heteroatoms. The van der Waals surface area contributed by atoms with E-state index in [1.54, 1.807) is 0 Å². The second-order valence-corrected chi connectivity index (χ2v) is 7.42. The molecule has 82 valence electrons. The van der Waals surface area contributed by atoms with E-state index in [2.05, 4.69) is 41.5 Å². The van der Waals surface area contributed by atoms with Crippen LogP contribution in [0.2, 0.25) is 0 Å². The lowest BCUT2D eigenvalue weighted by Gasteiger charge is -2.56. The van der Waals surface area contributed by atoms with Gasteiger partial charge in [0.2, 0.25) is 0 Å². The molecule has 0 aromatic rings. The Morgan fingerprint density at radius 1 is 0.857 bits per heavy atom. The van der Waals surface area contributed by atoms with Crippen LogP contribution in [0.1, 0.15) is 54.4 Å². The fraction of sp³-hybridized carbons (Fsp3) is 1.00. The summed E-state index contributed by atoms with van der Waals surface area (Å²) < 4.78 is 6.11. The van der Waals surface area contributed by atoms with Crippen LogP contribution in [-0.4, -0.2) is 12.2 Å². The molecule has 0 aromatic heterocycles. The Morgan fingerprint density at radius 2 is 1.36 bits per heavy atom. The van der Waals surface area contributed by atoms with Gasteiger partial charge >= 0.3 is 0 Å². The van der Waals surface area contributed by atoms with E-state index in [0.717, 1.165) is 6.61 Å². The van der Waals surface area contributed by atoms with Crippen LogP contribution in [-0.2, 0) is 4.74 Å². The van der Waals surface area contributed by atoms with Crippen molar-refractivity contribution in [2.24, 2.45) is 16.2 Å². The highest BCUT2D eigenvalue weighted by Gasteiger charge is 2.69. The molecule has 2 aliphatic heterocycles. The van der Waals surface area contributed by atoms with Crippen LogP contribution >= 0.6 is 0 Å². The van der Waals surface area contributed by atoms with Crippen molar-refractivity contribution < 1.29 is 4.74 Å². The van der Waals surface area contributed by atoms with E-state index in [9.17, 15) is 0 Å². The topological polar surface area (TPSA) is 9.23 Å². The summed E-state index contributed by atoms with van der Waals surface area (Å²) in [7, 11) is 0. The Bertz CT molecular complexity index is 219. The fourth-order valence-electron chi connectivity index (χ4n) is 3.02. The van der Waals surface area contributed by atoms with E-state index in [-0.39, 0.29) is 5.60 Å². The summed E-state index contributed by atoms with van der Waals surface area (Å²) in [6.45, 7) is 15.0. The van der Waals surface area contributed by atoms with Gasteiger partial charge in [-0.3, -0.25) is 0 Å². The first kappa shape index (κ1) is 10.5. The van der Waals surface area contributed by atoms with Gasteiger partial charge in [-0.25, -0.2) is 0 Å². The third-order valence-corrected chi connectivity index (χ3v) is 4.83. The minimum atomic E-state index is 0.195. The molecule has 0 spiro atoms. The van der Waals surface area contributed by atoms with Crippen molar-refractivity contribution in [2.75, 3.05) is 6.61 Å². The molecule has 0 radical (unpaired) electrons. The molecule has 0 atom stereocenters. The lowest BCUT2D eigenvalue weighted by atomic mass is 9.47. The van der Waals surface area contributed by atoms with E-state index in [1.165, 1.54) is 12.8 Å². The molecule has 3 fully saturated rings. The molecule has 1 saturated carbocycles.